The Labute approximate surface area is 123 Å². The molecule has 3 nitrogen and oxygen atoms in total. The van der Waals surface area contributed by atoms with Gasteiger partial charge in [0.1, 0.15) is 0 Å². The molecule has 1 aliphatic carbocycles. The second-order valence-electron chi connectivity index (χ2n) is 6.64. The first kappa shape index (κ1) is 14.1. The minimum Gasteiger partial charge on any atom is -0.331 e. The summed E-state index contributed by atoms with van der Waals surface area (Å²) >= 11 is 0. The Balaban J connectivity index is 1.78. The molecule has 2 aliphatic rings. The normalized spacial score (nSPS) is 26.6. The van der Waals surface area contributed by atoms with E-state index in [1.54, 1.807) is 0 Å². The number of hydrogen-bond acceptors (Lipinski definition) is 2. The fraction of sp³-hybridized carbons (Fsp3) is 0.824. The third kappa shape index (κ3) is 2.93. The Hall–Kier alpha value is -0.830. The summed E-state index contributed by atoms with van der Waals surface area (Å²) in [5, 5.41) is 3.55. The van der Waals surface area contributed by atoms with Gasteiger partial charge in [-0.1, -0.05) is 26.2 Å². The van der Waals surface area contributed by atoms with Crippen LogP contribution in [0, 0.1) is 5.92 Å². The second kappa shape index (κ2) is 6.75. The van der Waals surface area contributed by atoms with E-state index >= 15 is 0 Å². The Kier molecular flexibility index (Phi) is 4.77. The fourth-order valence-electron chi connectivity index (χ4n) is 4.29. The number of rotatable bonds is 4. The number of aromatic nitrogens is 2. The molecular formula is C17H29N3. The molecule has 1 aliphatic heterocycles. The molecule has 112 valence electrons. The molecule has 2 heterocycles. The molecule has 1 N–H and O–H groups in total. The second-order valence-corrected chi connectivity index (χ2v) is 6.64. The SMILES string of the molecule is CCC(C1CCCCC1)n1cncc1C1CCCNC1. The van der Waals surface area contributed by atoms with Gasteiger partial charge in [0.2, 0.25) is 0 Å². The van der Waals surface area contributed by atoms with Crippen LogP contribution < -0.4 is 5.32 Å². The van der Waals surface area contributed by atoms with Gasteiger partial charge in [-0.3, -0.25) is 0 Å². The van der Waals surface area contributed by atoms with Gasteiger partial charge in [-0.15, -0.1) is 0 Å². The fourth-order valence-corrected chi connectivity index (χ4v) is 4.29. The summed E-state index contributed by atoms with van der Waals surface area (Å²) in [6.07, 6.45) is 15.2. The van der Waals surface area contributed by atoms with Crippen molar-refractivity contribution in [2.24, 2.45) is 5.92 Å². The first-order valence-electron chi connectivity index (χ1n) is 8.62. The quantitative estimate of drug-likeness (QED) is 0.903. The van der Waals surface area contributed by atoms with E-state index in [-0.39, 0.29) is 0 Å². The van der Waals surface area contributed by atoms with Crippen LogP contribution in [-0.4, -0.2) is 22.6 Å². The number of imidazole rings is 1. The van der Waals surface area contributed by atoms with E-state index in [2.05, 4.69) is 34.3 Å². The highest BCUT2D eigenvalue weighted by atomic mass is 15.1. The minimum absolute atomic E-state index is 0.670. The third-order valence-electron chi connectivity index (χ3n) is 5.38. The first-order valence-corrected chi connectivity index (χ1v) is 8.62. The van der Waals surface area contributed by atoms with Crippen molar-refractivity contribution in [1.29, 1.82) is 0 Å². The van der Waals surface area contributed by atoms with Crippen molar-refractivity contribution in [3.8, 4) is 0 Å². The van der Waals surface area contributed by atoms with Crippen LogP contribution in [-0.2, 0) is 0 Å². The molecule has 2 unspecified atom stereocenters. The van der Waals surface area contributed by atoms with E-state index in [1.807, 2.05) is 0 Å². The van der Waals surface area contributed by atoms with Crippen molar-refractivity contribution in [2.45, 2.75) is 70.3 Å². The molecule has 3 rings (SSSR count). The highest BCUT2D eigenvalue weighted by Crippen LogP contribution is 2.37. The topological polar surface area (TPSA) is 29.9 Å². The van der Waals surface area contributed by atoms with E-state index in [0.717, 1.165) is 12.5 Å². The average Bonchev–Trinajstić information content (AvgIpc) is 2.99. The van der Waals surface area contributed by atoms with E-state index < -0.39 is 0 Å². The van der Waals surface area contributed by atoms with Gasteiger partial charge in [0.15, 0.2) is 0 Å². The van der Waals surface area contributed by atoms with Crippen molar-refractivity contribution < 1.29 is 0 Å². The molecule has 2 atom stereocenters. The van der Waals surface area contributed by atoms with Gasteiger partial charge in [0.25, 0.3) is 0 Å². The zero-order chi connectivity index (χ0) is 13.8. The Morgan fingerprint density at radius 2 is 2.10 bits per heavy atom. The van der Waals surface area contributed by atoms with E-state index in [0.29, 0.717) is 12.0 Å². The number of nitrogens with one attached hydrogen (secondary N) is 1. The maximum Gasteiger partial charge on any atom is 0.0950 e. The third-order valence-corrected chi connectivity index (χ3v) is 5.38. The number of hydrogen-bond donors (Lipinski definition) is 1. The zero-order valence-corrected chi connectivity index (χ0v) is 12.9. The summed E-state index contributed by atoms with van der Waals surface area (Å²) in [7, 11) is 0. The Morgan fingerprint density at radius 1 is 1.25 bits per heavy atom. The molecule has 0 amide bonds. The summed E-state index contributed by atoms with van der Waals surface area (Å²) in [6, 6.07) is 0.676. The van der Waals surface area contributed by atoms with E-state index in [1.165, 1.54) is 63.6 Å². The number of piperidine rings is 1. The molecule has 3 heteroatoms. The minimum atomic E-state index is 0.670. The van der Waals surface area contributed by atoms with Gasteiger partial charge in [0, 0.05) is 30.4 Å². The molecule has 2 fully saturated rings. The Morgan fingerprint density at radius 3 is 2.80 bits per heavy atom. The van der Waals surface area contributed by atoms with Crippen LogP contribution in [0.1, 0.15) is 75.9 Å². The molecule has 1 saturated carbocycles. The average molecular weight is 275 g/mol. The lowest BCUT2D eigenvalue weighted by atomic mass is 9.82. The van der Waals surface area contributed by atoms with Crippen LogP contribution in [0.3, 0.4) is 0 Å². The van der Waals surface area contributed by atoms with Gasteiger partial charge < -0.3 is 9.88 Å². The summed E-state index contributed by atoms with van der Waals surface area (Å²) in [5.74, 6) is 1.54. The molecular weight excluding hydrogens is 246 g/mol. The summed E-state index contributed by atoms with van der Waals surface area (Å²) in [4.78, 5) is 4.50. The standard InChI is InChI=1S/C17H29N3/c1-2-16(14-7-4-3-5-8-14)20-13-19-12-17(20)15-9-6-10-18-11-15/h12-16,18H,2-11H2,1H3. The molecule has 1 saturated heterocycles. The van der Waals surface area contributed by atoms with Gasteiger partial charge in [-0.2, -0.15) is 0 Å². The lowest BCUT2D eigenvalue weighted by Crippen LogP contribution is -2.31. The predicted octanol–water partition coefficient (Wildman–Crippen LogP) is 3.88. The smallest absolute Gasteiger partial charge is 0.0950 e. The van der Waals surface area contributed by atoms with Gasteiger partial charge in [-0.25, -0.2) is 4.98 Å². The maximum atomic E-state index is 4.50. The van der Waals surface area contributed by atoms with Crippen LogP contribution in [0.15, 0.2) is 12.5 Å². The maximum absolute atomic E-state index is 4.50. The largest absolute Gasteiger partial charge is 0.331 e. The van der Waals surface area contributed by atoms with Crippen LogP contribution in [0.5, 0.6) is 0 Å². The highest BCUT2D eigenvalue weighted by molar-refractivity contribution is 5.10. The van der Waals surface area contributed by atoms with Crippen LogP contribution >= 0.6 is 0 Å². The first-order chi connectivity index (χ1) is 9.90. The molecule has 0 aromatic carbocycles. The van der Waals surface area contributed by atoms with Crippen LogP contribution in [0.25, 0.3) is 0 Å². The van der Waals surface area contributed by atoms with Crippen molar-refractivity contribution in [2.75, 3.05) is 13.1 Å². The predicted molar refractivity (Wildman–Crippen MR) is 83.0 cm³/mol. The molecule has 0 spiro atoms. The lowest BCUT2D eigenvalue weighted by molar-refractivity contribution is 0.236. The highest BCUT2D eigenvalue weighted by Gasteiger charge is 2.27. The zero-order valence-electron chi connectivity index (χ0n) is 12.9. The van der Waals surface area contributed by atoms with Crippen LogP contribution in [0.4, 0.5) is 0 Å². The summed E-state index contributed by atoms with van der Waals surface area (Å²) in [5.41, 5.74) is 1.48. The lowest BCUT2D eigenvalue weighted by Gasteiger charge is -2.33. The monoisotopic (exact) mass is 275 g/mol. The molecule has 0 radical (unpaired) electrons. The van der Waals surface area contributed by atoms with E-state index in [9.17, 15) is 0 Å². The molecule has 20 heavy (non-hydrogen) atoms. The van der Waals surface area contributed by atoms with Crippen molar-refractivity contribution in [3.63, 3.8) is 0 Å². The van der Waals surface area contributed by atoms with Crippen molar-refractivity contribution in [3.05, 3.63) is 18.2 Å². The van der Waals surface area contributed by atoms with Crippen LogP contribution in [0.2, 0.25) is 0 Å². The summed E-state index contributed by atoms with van der Waals surface area (Å²) in [6.45, 7) is 4.67. The van der Waals surface area contributed by atoms with Gasteiger partial charge in [0.05, 0.1) is 6.33 Å². The van der Waals surface area contributed by atoms with Gasteiger partial charge in [-0.05, 0) is 44.6 Å². The van der Waals surface area contributed by atoms with E-state index in [4.69, 9.17) is 0 Å². The van der Waals surface area contributed by atoms with Crippen molar-refractivity contribution in [1.82, 2.24) is 14.9 Å². The molecule has 0 bridgehead atoms. The molecule has 1 aromatic rings. The molecule has 1 aromatic heterocycles. The van der Waals surface area contributed by atoms with Crippen molar-refractivity contribution >= 4 is 0 Å². The Bertz CT molecular complexity index is 400. The number of nitrogens with zero attached hydrogens (tertiary/aromatic N) is 2. The summed E-state index contributed by atoms with van der Waals surface area (Å²) < 4.78 is 2.54. The van der Waals surface area contributed by atoms with Gasteiger partial charge >= 0.3 is 0 Å².